The fourth-order valence-electron chi connectivity index (χ4n) is 2.85. The molecule has 1 aromatic carbocycles. The average molecular weight is 315 g/mol. The molecule has 6 nitrogen and oxygen atoms in total. The van der Waals surface area contributed by atoms with E-state index in [4.69, 9.17) is 9.26 Å². The summed E-state index contributed by atoms with van der Waals surface area (Å²) in [6, 6.07) is 5.98. The van der Waals surface area contributed by atoms with Gasteiger partial charge in [-0.1, -0.05) is 11.2 Å². The maximum absolute atomic E-state index is 12.5. The number of nitrogens with zero attached hydrogens (tertiary/aromatic N) is 3. The van der Waals surface area contributed by atoms with Crippen molar-refractivity contribution in [1.29, 1.82) is 0 Å². The van der Waals surface area contributed by atoms with Crippen LogP contribution in [0, 0.1) is 0 Å². The van der Waals surface area contributed by atoms with Crippen molar-refractivity contribution in [2.45, 2.75) is 32.2 Å². The highest BCUT2D eigenvalue weighted by molar-refractivity contribution is 5.94. The van der Waals surface area contributed by atoms with Crippen LogP contribution in [0.1, 0.15) is 39.6 Å². The lowest BCUT2D eigenvalue weighted by molar-refractivity contribution is 0.0769. The first-order chi connectivity index (χ1) is 11.2. The molecule has 3 rings (SSSR count). The largest absolute Gasteiger partial charge is 0.384 e. The minimum absolute atomic E-state index is 0.0312. The number of aryl methyl sites for hydroxylation is 2. The fraction of sp³-hybridized carbons (Fsp3) is 0.471. The first-order valence-electron chi connectivity index (χ1n) is 7.85. The van der Waals surface area contributed by atoms with Gasteiger partial charge in [-0.3, -0.25) is 4.79 Å². The highest BCUT2D eigenvalue weighted by Crippen LogP contribution is 2.23. The van der Waals surface area contributed by atoms with Crippen LogP contribution in [0.4, 0.5) is 0 Å². The Morgan fingerprint density at radius 2 is 2.17 bits per heavy atom. The molecule has 2 aromatic rings. The molecule has 0 aliphatic heterocycles. The van der Waals surface area contributed by atoms with Crippen molar-refractivity contribution in [2.24, 2.45) is 0 Å². The van der Waals surface area contributed by atoms with Crippen molar-refractivity contribution in [3.63, 3.8) is 0 Å². The van der Waals surface area contributed by atoms with Crippen molar-refractivity contribution in [1.82, 2.24) is 15.0 Å². The van der Waals surface area contributed by atoms with Crippen LogP contribution in [0.25, 0.3) is 0 Å². The molecule has 1 aliphatic carbocycles. The third kappa shape index (κ3) is 3.59. The van der Waals surface area contributed by atoms with Crippen LogP contribution in [-0.2, 0) is 30.5 Å². The van der Waals surface area contributed by atoms with Gasteiger partial charge in [0.15, 0.2) is 5.82 Å². The number of aromatic nitrogens is 2. The van der Waals surface area contributed by atoms with E-state index >= 15 is 0 Å². The van der Waals surface area contributed by atoms with Gasteiger partial charge in [-0.05, 0) is 42.5 Å². The van der Waals surface area contributed by atoms with E-state index in [9.17, 15) is 4.79 Å². The highest BCUT2D eigenvalue weighted by atomic mass is 16.5. The summed E-state index contributed by atoms with van der Waals surface area (Å²) in [5.74, 6) is 1.00. The molecular formula is C17H21N3O3. The maximum Gasteiger partial charge on any atom is 0.254 e. The van der Waals surface area contributed by atoms with Crippen molar-refractivity contribution in [3.05, 3.63) is 46.6 Å². The van der Waals surface area contributed by atoms with Gasteiger partial charge in [0.1, 0.15) is 0 Å². The Kier molecular flexibility index (Phi) is 4.71. The molecule has 23 heavy (non-hydrogen) atoms. The van der Waals surface area contributed by atoms with E-state index in [1.807, 2.05) is 12.1 Å². The van der Waals surface area contributed by atoms with Crippen LogP contribution in [0.2, 0.25) is 0 Å². The third-order valence-electron chi connectivity index (χ3n) is 4.10. The van der Waals surface area contributed by atoms with Crippen LogP contribution in [-0.4, -0.2) is 41.7 Å². The number of methoxy groups -OCH3 is 1. The second-order valence-electron chi connectivity index (χ2n) is 5.85. The minimum Gasteiger partial charge on any atom is -0.384 e. The van der Waals surface area contributed by atoms with Gasteiger partial charge in [0.25, 0.3) is 5.91 Å². The Balaban J connectivity index is 1.64. The molecule has 1 amide bonds. The van der Waals surface area contributed by atoms with E-state index in [2.05, 4.69) is 16.2 Å². The van der Waals surface area contributed by atoms with Crippen LogP contribution in [0.3, 0.4) is 0 Å². The molecule has 0 bridgehead atoms. The third-order valence-corrected chi connectivity index (χ3v) is 4.10. The summed E-state index contributed by atoms with van der Waals surface area (Å²) in [6.07, 6.45) is 3.95. The molecule has 122 valence electrons. The van der Waals surface area contributed by atoms with Gasteiger partial charge in [0, 0.05) is 26.1 Å². The summed E-state index contributed by atoms with van der Waals surface area (Å²) in [5.41, 5.74) is 3.38. The number of fused-ring (bicyclic) bond motifs is 1. The lowest BCUT2D eigenvalue weighted by atomic mass is 10.1. The summed E-state index contributed by atoms with van der Waals surface area (Å²) in [6.45, 7) is 0.846. The normalized spacial score (nSPS) is 13.1. The summed E-state index contributed by atoms with van der Waals surface area (Å²) >= 11 is 0. The standard InChI is InChI=1S/C17H21N3O3/c1-20(11-16-18-15(19-23-16)8-9-22-2)17(21)14-7-6-12-4-3-5-13(12)10-14/h6-7,10H,3-5,8-9,11H2,1-2H3. The van der Waals surface area contributed by atoms with Gasteiger partial charge in [-0.2, -0.15) is 4.98 Å². The molecule has 0 saturated heterocycles. The van der Waals surface area contributed by atoms with Gasteiger partial charge in [-0.25, -0.2) is 0 Å². The number of hydrogen-bond donors (Lipinski definition) is 0. The van der Waals surface area contributed by atoms with Gasteiger partial charge in [-0.15, -0.1) is 0 Å². The summed E-state index contributed by atoms with van der Waals surface area (Å²) in [7, 11) is 3.37. The molecule has 0 N–H and O–H groups in total. The SMILES string of the molecule is COCCc1noc(CN(C)C(=O)c2ccc3c(c2)CCC3)n1. The second kappa shape index (κ2) is 6.91. The predicted octanol–water partition coefficient (Wildman–Crippen LogP) is 2.02. The zero-order valence-electron chi connectivity index (χ0n) is 13.5. The number of amides is 1. The van der Waals surface area contributed by atoms with Crippen LogP contribution in [0.5, 0.6) is 0 Å². The zero-order valence-corrected chi connectivity index (χ0v) is 13.5. The first-order valence-corrected chi connectivity index (χ1v) is 7.85. The molecule has 1 heterocycles. The van der Waals surface area contributed by atoms with E-state index < -0.39 is 0 Å². The average Bonchev–Trinajstić information content (AvgIpc) is 3.20. The van der Waals surface area contributed by atoms with Crippen molar-refractivity contribution in [2.75, 3.05) is 20.8 Å². The van der Waals surface area contributed by atoms with Crippen molar-refractivity contribution >= 4 is 5.91 Å². The van der Waals surface area contributed by atoms with Gasteiger partial charge in [0.2, 0.25) is 5.89 Å². The predicted molar refractivity (Wildman–Crippen MR) is 84.1 cm³/mol. The second-order valence-corrected chi connectivity index (χ2v) is 5.85. The topological polar surface area (TPSA) is 68.5 Å². The number of benzene rings is 1. The van der Waals surface area contributed by atoms with Crippen LogP contribution < -0.4 is 0 Å². The molecule has 0 radical (unpaired) electrons. The fourth-order valence-corrected chi connectivity index (χ4v) is 2.85. The van der Waals surface area contributed by atoms with Gasteiger partial charge < -0.3 is 14.2 Å². The smallest absolute Gasteiger partial charge is 0.254 e. The molecule has 6 heteroatoms. The van der Waals surface area contributed by atoms with E-state index in [1.54, 1.807) is 19.1 Å². The van der Waals surface area contributed by atoms with Crippen LogP contribution >= 0.6 is 0 Å². The number of carbonyl (C=O) groups is 1. The summed E-state index contributed by atoms with van der Waals surface area (Å²) in [4.78, 5) is 18.4. The lowest BCUT2D eigenvalue weighted by Crippen LogP contribution is -2.26. The molecule has 0 unspecified atom stereocenters. The quantitative estimate of drug-likeness (QED) is 0.816. The van der Waals surface area contributed by atoms with Crippen molar-refractivity contribution in [3.8, 4) is 0 Å². The van der Waals surface area contributed by atoms with Gasteiger partial charge >= 0.3 is 0 Å². The number of hydrogen-bond acceptors (Lipinski definition) is 5. The highest BCUT2D eigenvalue weighted by Gasteiger charge is 2.18. The Labute approximate surface area is 135 Å². The Bertz CT molecular complexity index is 696. The first kappa shape index (κ1) is 15.7. The van der Waals surface area contributed by atoms with Crippen LogP contribution in [0.15, 0.2) is 22.7 Å². The van der Waals surface area contributed by atoms with Crippen molar-refractivity contribution < 1.29 is 14.1 Å². The molecule has 1 aliphatic rings. The molecule has 0 spiro atoms. The zero-order chi connectivity index (χ0) is 16.2. The molecule has 0 fully saturated rings. The Morgan fingerprint density at radius 1 is 1.35 bits per heavy atom. The van der Waals surface area contributed by atoms with E-state index in [0.29, 0.717) is 36.9 Å². The maximum atomic E-state index is 12.5. The Morgan fingerprint density at radius 3 is 3.00 bits per heavy atom. The molecule has 1 aromatic heterocycles. The number of rotatable bonds is 6. The molecule has 0 saturated carbocycles. The number of carbonyl (C=O) groups excluding carboxylic acids is 1. The summed E-state index contributed by atoms with van der Waals surface area (Å²) in [5, 5.41) is 3.88. The summed E-state index contributed by atoms with van der Waals surface area (Å²) < 4.78 is 10.2. The number of ether oxygens (including phenoxy) is 1. The van der Waals surface area contributed by atoms with Gasteiger partial charge in [0.05, 0.1) is 13.2 Å². The molecule has 0 atom stereocenters. The van der Waals surface area contributed by atoms with E-state index in [-0.39, 0.29) is 5.91 Å². The van der Waals surface area contributed by atoms with E-state index in [1.165, 1.54) is 17.5 Å². The Hall–Kier alpha value is -2.21. The minimum atomic E-state index is -0.0312. The monoisotopic (exact) mass is 315 g/mol. The molecular weight excluding hydrogens is 294 g/mol. The lowest BCUT2D eigenvalue weighted by Gasteiger charge is -2.15. The van der Waals surface area contributed by atoms with E-state index in [0.717, 1.165) is 12.8 Å².